The molecule has 0 aliphatic heterocycles. The highest BCUT2D eigenvalue weighted by molar-refractivity contribution is 5.71. The van der Waals surface area contributed by atoms with Crippen molar-refractivity contribution >= 4 is 17.9 Å². The van der Waals surface area contributed by atoms with Gasteiger partial charge in [0, 0.05) is 19.3 Å². The van der Waals surface area contributed by atoms with Crippen LogP contribution in [0.5, 0.6) is 0 Å². The summed E-state index contributed by atoms with van der Waals surface area (Å²) in [7, 11) is 0. The molecule has 324 valence electrons. The van der Waals surface area contributed by atoms with Crippen LogP contribution in [0.3, 0.4) is 0 Å². The quantitative estimate of drug-likeness (QED) is 0.0265. The van der Waals surface area contributed by atoms with Crippen LogP contribution in [0.4, 0.5) is 0 Å². The Kier molecular flexibility index (Phi) is 43.0. The molecular formula is C50H88O6. The van der Waals surface area contributed by atoms with Crippen molar-refractivity contribution in [1.82, 2.24) is 0 Å². The number of ether oxygens (including phenoxy) is 3. The van der Waals surface area contributed by atoms with Gasteiger partial charge in [0.05, 0.1) is 0 Å². The topological polar surface area (TPSA) is 78.9 Å². The number of hydrogen-bond acceptors (Lipinski definition) is 6. The monoisotopic (exact) mass is 785 g/mol. The normalized spacial score (nSPS) is 12.4. The zero-order chi connectivity index (χ0) is 40.8. The first-order valence-electron chi connectivity index (χ1n) is 23.6. The molecular weight excluding hydrogens is 697 g/mol. The van der Waals surface area contributed by atoms with Crippen molar-refractivity contribution in [3.05, 3.63) is 48.6 Å². The van der Waals surface area contributed by atoms with Crippen LogP contribution in [0.25, 0.3) is 0 Å². The van der Waals surface area contributed by atoms with E-state index in [-0.39, 0.29) is 31.1 Å². The molecule has 0 amide bonds. The molecule has 0 spiro atoms. The summed E-state index contributed by atoms with van der Waals surface area (Å²) < 4.78 is 16.7. The third-order valence-electron chi connectivity index (χ3n) is 10.1. The molecule has 0 heterocycles. The summed E-state index contributed by atoms with van der Waals surface area (Å²) in [6, 6.07) is 0. The minimum atomic E-state index is -0.783. The zero-order valence-electron chi connectivity index (χ0n) is 36.9. The lowest BCUT2D eigenvalue weighted by molar-refractivity contribution is -0.167. The molecule has 0 aliphatic rings. The molecule has 1 unspecified atom stereocenters. The van der Waals surface area contributed by atoms with E-state index in [1.807, 2.05) is 0 Å². The van der Waals surface area contributed by atoms with Crippen LogP contribution in [0.1, 0.15) is 233 Å². The summed E-state index contributed by atoms with van der Waals surface area (Å²) in [6.07, 6.45) is 52.3. The molecule has 0 fully saturated rings. The number of esters is 3. The van der Waals surface area contributed by atoms with Gasteiger partial charge in [0.25, 0.3) is 0 Å². The molecule has 6 nitrogen and oxygen atoms in total. The van der Waals surface area contributed by atoms with Crippen LogP contribution < -0.4 is 0 Å². The van der Waals surface area contributed by atoms with Crippen LogP contribution in [-0.4, -0.2) is 37.2 Å². The number of hydrogen-bond donors (Lipinski definition) is 0. The van der Waals surface area contributed by atoms with E-state index in [4.69, 9.17) is 14.2 Å². The second-order valence-corrected chi connectivity index (χ2v) is 15.6. The van der Waals surface area contributed by atoms with Crippen molar-refractivity contribution in [3.63, 3.8) is 0 Å². The summed E-state index contributed by atoms with van der Waals surface area (Å²) >= 11 is 0. The lowest BCUT2D eigenvalue weighted by atomic mass is 10.0. The predicted molar refractivity (Wildman–Crippen MR) is 238 cm³/mol. The number of unbranched alkanes of at least 4 members (excludes halogenated alkanes) is 23. The average molecular weight is 785 g/mol. The molecule has 1 atom stereocenters. The molecule has 0 saturated carbocycles. The molecule has 0 aromatic rings. The third kappa shape index (κ3) is 42.5. The summed E-state index contributed by atoms with van der Waals surface area (Å²) in [6.45, 7) is 6.47. The van der Waals surface area contributed by atoms with Crippen molar-refractivity contribution in [1.29, 1.82) is 0 Å². The van der Waals surface area contributed by atoms with E-state index in [1.165, 1.54) is 109 Å². The summed E-state index contributed by atoms with van der Waals surface area (Å²) in [5.41, 5.74) is 0. The first-order valence-corrected chi connectivity index (χ1v) is 23.6. The van der Waals surface area contributed by atoms with Crippen LogP contribution in [0.2, 0.25) is 0 Å². The maximum Gasteiger partial charge on any atom is 0.306 e. The lowest BCUT2D eigenvalue weighted by Gasteiger charge is -2.18. The standard InChI is InChI=1S/C50H88O6/c1-4-7-10-13-16-19-22-24-25-27-28-31-34-37-40-43-49(52)55-46-47(45-54-48(51)42-39-36-33-30-21-18-15-12-9-6-3)56-50(53)44-41-38-35-32-29-26-23-20-17-14-11-8-5-2/h7,10,16,19,24-25,28,31,47H,4-6,8-9,11-15,17-18,20-23,26-27,29-30,32-46H2,1-3H3/b10-7-,19-16-,25-24-,31-28-. The van der Waals surface area contributed by atoms with Gasteiger partial charge in [0.2, 0.25) is 0 Å². The average Bonchev–Trinajstić information content (AvgIpc) is 3.19. The molecule has 0 radical (unpaired) electrons. The molecule has 0 bridgehead atoms. The largest absolute Gasteiger partial charge is 0.462 e. The van der Waals surface area contributed by atoms with Gasteiger partial charge >= 0.3 is 17.9 Å². The molecule has 0 N–H and O–H groups in total. The second-order valence-electron chi connectivity index (χ2n) is 15.6. The van der Waals surface area contributed by atoms with E-state index in [0.717, 1.165) is 83.5 Å². The van der Waals surface area contributed by atoms with Gasteiger partial charge in [-0.3, -0.25) is 14.4 Å². The minimum Gasteiger partial charge on any atom is -0.462 e. The summed E-state index contributed by atoms with van der Waals surface area (Å²) in [5.74, 6) is -0.925. The first kappa shape index (κ1) is 53.4. The Morgan fingerprint density at radius 2 is 0.696 bits per heavy atom. The number of rotatable bonds is 42. The molecule has 6 heteroatoms. The van der Waals surface area contributed by atoms with Crippen molar-refractivity contribution in [2.24, 2.45) is 0 Å². The fraction of sp³-hybridized carbons (Fsp3) is 0.780. The van der Waals surface area contributed by atoms with Gasteiger partial charge in [-0.2, -0.15) is 0 Å². The third-order valence-corrected chi connectivity index (χ3v) is 10.1. The Balaban J connectivity index is 4.42. The second kappa shape index (κ2) is 45.1. The Labute approximate surface area is 346 Å². The Bertz CT molecular complexity index is 996. The Hall–Kier alpha value is -2.63. The number of carbonyl (C=O) groups is 3. The van der Waals surface area contributed by atoms with Crippen LogP contribution >= 0.6 is 0 Å². The van der Waals surface area contributed by atoms with Crippen LogP contribution in [0.15, 0.2) is 48.6 Å². The highest BCUT2D eigenvalue weighted by Crippen LogP contribution is 2.15. The van der Waals surface area contributed by atoms with E-state index >= 15 is 0 Å². The van der Waals surface area contributed by atoms with Crippen molar-refractivity contribution in [2.45, 2.75) is 239 Å². The minimum absolute atomic E-state index is 0.0833. The van der Waals surface area contributed by atoms with Gasteiger partial charge in [-0.05, 0) is 57.8 Å². The van der Waals surface area contributed by atoms with E-state index in [2.05, 4.69) is 69.4 Å². The smallest absolute Gasteiger partial charge is 0.306 e. The molecule has 0 aromatic heterocycles. The van der Waals surface area contributed by atoms with Gasteiger partial charge in [0.15, 0.2) is 6.10 Å². The van der Waals surface area contributed by atoms with E-state index in [0.29, 0.717) is 19.3 Å². The molecule has 56 heavy (non-hydrogen) atoms. The van der Waals surface area contributed by atoms with Crippen LogP contribution in [0, 0.1) is 0 Å². The lowest BCUT2D eigenvalue weighted by Crippen LogP contribution is -2.30. The van der Waals surface area contributed by atoms with Gasteiger partial charge in [-0.1, -0.05) is 204 Å². The maximum atomic E-state index is 12.7. The fourth-order valence-corrected chi connectivity index (χ4v) is 6.55. The van der Waals surface area contributed by atoms with E-state index < -0.39 is 6.10 Å². The molecule has 0 aliphatic carbocycles. The van der Waals surface area contributed by atoms with Gasteiger partial charge in [-0.15, -0.1) is 0 Å². The molecule has 0 aromatic carbocycles. The van der Waals surface area contributed by atoms with Gasteiger partial charge in [-0.25, -0.2) is 0 Å². The Morgan fingerprint density at radius 1 is 0.375 bits per heavy atom. The zero-order valence-corrected chi connectivity index (χ0v) is 36.9. The van der Waals surface area contributed by atoms with E-state index in [9.17, 15) is 14.4 Å². The summed E-state index contributed by atoms with van der Waals surface area (Å²) in [4.78, 5) is 37.7. The highest BCUT2D eigenvalue weighted by atomic mass is 16.6. The molecule has 0 rings (SSSR count). The summed E-state index contributed by atoms with van der Waals surface area (Å²) in [5, 5.41) is 0. The fourth-order valence-electron chi connectivity index (χ4n) is 6.55. The van der Waals surface area contributed by atoms with Crippen molar-refractivity contribution < 1.29 is 28.6 Å². The van der Waals surface area contributed by atoms with Crippen molar-refractivity contribution in [2.75, 3.05) is 13.2 Å². The number of allylic oxidation sites excluding steroid dienone is 8. The van der Waals surface area contributed by atoms with Gasteiger partial charge in [0.1, 0.15) is 13.2 Å². The maximum absolute atomic E-state index is 12.7. The number of carbonyl (C=O) groups excluding carboxylic acids is 3. The van der Waals surface area contributed by atoms with Gasteiger partial charge < -0.3 is 14.2 Å². The molecule has 0 saturated heterocycles. The van der Waals surface area contributed by atoms with Crippen molar-refractivity contribution in [3.8, 4) is 0 Å². The SMILES string of the molecule is CC/C=C\C/C=C\C/C=C\C/C=C\CCCCC(=O)OCC(COC(=O)CCCCCCCCCCCC)OC(=O)CCCCCCCCCCCCCCC. The van der Waals surface area contributed by atoms with Crippen LogP contribution in [-0.2, 0) is 28.6 Å². The van der Waals surface area contributed by atoms with E-state index in [1.54, 1.807) is 0 Å². The Morgan fingerprint density at radius 3 is 1.09 bits per heavy atom. The first-order chi connectivity index (χ1) is 27.5. The predicted octanol–water partition coefficient (Wildman–Crippen LogP) is 15.1. The highest BCUT2D eigenvalue weighted by Gasteiger charge is 2.19.